The average molecular weight is 450 g/mol. The fraction of sp³-hybridized carbons (Fsp3) is 0.350. The molecule has 0 saturated carbocycles. The van der Waals surface area contributed by atoms with Crippen molar-refractivity contribution in [3.05, 3.63) is 53.1 Å². The number of sulfonamides is 1. The van der Waals surface area contributed by atoms with Crippen LogP contribution in [0.15, 0.2) is 42.5 Å². The monoisotopic (exact) mass is 449 g/mol. The minimum atomic E-state index is -3.10. The topological polar surface area (TPSA) is 62.7 Å². The molecule has 2 aliphatic heterocycles. The molecule has 29 heavy (non-hydrogen) atoms. The van der Waals surface area contributed by atoms with Gasteiger partial charge in [0.05, 0.1) is 16.5 Å². The van der Waals surface area contributed by atoms with Crippen molar-refractivity contribution in [3.8, 4) is 10.9 Å². The molecular formula is C20H20ClN3O3S2. The van der Waals surface area contributed by atoms with Crippen LogP contribution in [-0.4, -0.2) is 54.0 Å². The Labute approximate surface area is 178 Å². The summed E-state index contributed by atoms with van der Waals surface area (Å²) >= 11 is 7.50. The van der Waals surface area contributed by atoms with Crippen molar-refractivity contribution in [1.29, 1.82) is 0 Å². The van der Waals surface area contributed by atoms with E-state index in [2.05, 4.69) is 22.0 Å². The lowest BCUT2D eigenvalue weighted by molar-refractivity contribution is 0.175. The maximum Gasteiger partial charge on any atom is 0.279 e. The molecule has 2 atom stereocenters. The first-order valence-electron chi connectivity index (χ1n) is 9.39. The summed E-state index contributed by atoms with van der Waals surface area (Å²) < 4.78 is 32.3. The Morgan fingerprint density at radius 1 is 1.17 bits per heavy atom. The maximum absolute atomic E-state index is 11.8. The summed E-state index contributed by atoms with van der Waals surface area (Å²) in [7, 11) is -3.10. The van der Waals surface area contributed by atoms with Gasteiger partial charge in [0.25, 0.3) is 5.19 Å². The summed E-state index contributed by atoms with van der Waals surface area (Å²) in [6, 6.07) is 14.1. The molecule has 1 aromatic heterocycles. The first-order chi connectivity index (χ1) is 13.8. The van der Waals surface area contributed by atoms with Gasteiger partial charge in [-0.05, 0) is 42.3 Å². The van der Waals surface area contributed by atoms with Crippen LogP contribution in [0.2, 0.25) is 5.02 Å². The number of thiazole rings is 1. The van der Waals surface area contributed by atoms with Crippen LogP contribution in [0, 0.1) is 0 Å². The van der Waals surface area contributed by atoms with Crippen LogP contribution in [0.5, 0.6) is 10.9 Å². The van der Waals surface area contributed by atoms with Crippen LogP contribution >= 0.6 is 22.9 Å². The number of rotatable bonds is 5. The summed E-state index contributed by atoms with van der Waals surface area (Å²) in [6.07, 6.45) is 2.23. The van der Waals surface area contributed by atoms with Crippen LogP contribution < -0.4 is 4.74 Å². The zero-order valence-corrected chi connectivity index (χ0v) is 18.2. The fourth-order valence-corrected chi connectivity index (χ4v) is 6.35. The lowest BCUT2D eigenvalue weighted by Crippen LogP contribution is -2.47. The SMILES string of the molecule is CS(=O)(=O)N1CC2CC1CN2Cc1ccc(Oc2nc3cc(Cl)ccc3s2)cc1. The van der Waals surface area contributed by atoms with Gasteiger partial charge in [-0.1, -0.05) is 35.1 Å². The Morgan fingerprint density at radius 3 is 2.66 bits per heavy atom. The zero-order chi connectivity index (χ0) is 20.2. The van der Waals surface area contributed by atoms with Crippen molar-refractivity contribution in [3.63, 3.8) is 0 Å². The third kappa shape index (κ3) is 3.87. The molecule has 0 radical (unpaired) electrons. The minimum absolute atomic E-state index is 0.116. The molecule has 2 bridgehead atoms. The number of halogens is 1. The molecule has 3 aromatic rings. The Morgan fingerprint density at radius 2 is 1.97 bits per heavy atom. The highest BCUT2D eigenvalue weighted by Gasteiger charge is 2.46. The highest BCUT2D eigenvalue weighted by Crippen LogP contribution is 2.35. The normalized spacial score (nSPS) is 22.6. The molecule has 9 heteroatoms. The summed E-state index contributed by atoms with van der Waals surface area (Å²) in [5, 5.41) is 1.25. The van der Waals surface area contributed by atoms with Gasteiger partial charge in [-0.2, -0.15) is 4.31 Å². The molecule has 0 aliphatic carbocycles. The quantitative estimate of drug-likeness (QED) is 0.590. The van der Waals surface area contributed by atoms with Gasteiger partial charge in [-0.25, -0.2) is 13.4 Å². The molecule has 2 fully saturated rings. The number of hydrogen-bond acceptors (Lipinski definition) is 6. The molecule has 2 aromatic carbocycles. The van der Waals surface area contributed by atoms with Crippen molar-refractivity contribution in [1.82, 2.24) is 14.2 Å². The van der Waals surface area contributed by atoms with E-state index in [1.165, 1.54) is 23.2 Å². The molecule has 0 N–H and O–H groups in total. The predicted molar refractivity (Wildman–Crippen MR) is 115 cm³/mol. The molecule has 2 aliphatic rings. The molecule has 6 nitrogen and oxygen atoms in total. The third-order valence-corrected chi connectivity index (χ3v) is 8.02. The van der Waals surface area contributed by atoms with Crippen molar-refractivity contribution in [2.75, 3.05) is 19.3 Å². The minimum Gasteiger partial charge on any atom is -0.431 e. The molecule has 5 rings (SSSR count). The fourth-order valence-electron chi connectivity index (χ4n) is 4.23. The highest BCUT2D eigenvalue weighted by molar-refractivity contribution is 7.88. The second kappa shape index (κ2) is 7.21. The van der Waals surface area contributed by atoms with Crippen LogP contribution in [0.3, 0.4) is 0 Å². The molecule has 2 saturated heterocycles. The van der Waals surface area contributed by atoms with Crippen LogP contribution in [-0.2, 0) is 16.6 Å². The molecule has 0 amide bonds. The van der Waals surface area contributed by atoms with Gasteiger partial charge in [0, 0.05) is 36.7 Å². The molecule has 2 unspecified atom stereocenters. The first-order valence-corrected chi connectivity index (χ1v) is 12.4. The number of hydrogen-bond donors (Lipinski definition) is 0. The Bertz CT molecular complexity index is 1160. The Kier molecular flexibility index (Phi) is 4.79. The van der Waals surface area contributed by atoms with E-state index in [0.29, 0.717) is 22.8 Å². The standard InChI is InChI=1S/C20H20ClN3O3S2/c1-29(25,26)24-12-15-9-16(24)11-23(15)10-13-2-5-17(6-3-13)27-20-22-18-8-14(21)4-7-19(18)28-20/h2-8,15-16H,9-12H2,1H3. The van der Waals surface area contributed by atoms with Gasteiger partial charge in [0.15, 0.2) is 0 Å². The number of benzene rings is 2. The second-order valence-electron chi connectivity index (χ2n) is 7.64. The summed E-state index contributed by atoms with van der Waals surface area (Å²) in [6.45, 7) is 2.22. The lowest BCUT2D eigenvalue weighted by Gasteiger charge is -2.32. The van der Waals surface area contributed by atoms with Gasteiger partial charge < -0.3 is 4.74 Å². The van der Waals surface area contributed by atoms with Gasteiger partial charge in [0.2, 0.25) is 10.0 Å². The maximum atomic E-state index is 11.8. The van der Waals surface area contributed by atoms with Crippen molar-refractivity contribution < 1.29 is 13.2 Å². The third-order valence-electron chi connectivity index (χ3n) is 5.57. The van der Waals surface area contributed by atoms with Crippen molar-refractivity contribution >= 4 is 43.2 Å². The first kappa shape index (κ1) is 19.3. The van der Waals surface area contributed by atoms with E-state index in [-0.39, 0.29) is 6.04 Å². The van der Waals surface area contributed by atoms with E-state index in [1.54, 1.807) is 4.31 Å². The number of likely N-dealkylation sites (tertiary alicyclic amines) is 1. The number of nitrogens with zero attached hydrogens (tertiary/aromatic N) is 3. The van der Waals surface area contributed by atoms with Crippen molar-refractivity contribution in [2.24, 2.45) is 0 Å². The number of fused-ring (bicyclic) bond motifs is 3. The van der Waals surface area contributed by atoms with E-state index in [4.69, 9.17) is 16.3 Å². The van der Waals surface area contributed by atoms with Gasteiger partial charge >= 0.3 is 0 Å². The highest BCUT2D eigenvalue weighted by atomic mass is 35.5. The second-order valence-corrected chi connectivity index (χ2v) is 11.0. The van der Waals surface area contributed by atoms with Crippen LogP contribution in [0.1, 0.15) is 12.0 Å². The van der Waals surface area contributed by atoms with E-state index < -0.39 is 10.0 Å². The summed E-state index contributed by atoms with van der Waals surface area (Å²) in [5.74, 6) is 0.741. The predicted octanol–water partition coefficient (Wildman–Crippen LogP) is 3.96. The summed E-state index contributed by atoms with van der Waals surface area (Å²) in [5.41, 5.74) is 2.02. The smallest absolute Gasteiger partial charge is 0.279 e. The van der Waals surface area contributed by atoms with E-state index in [1.807, 2.05) is 30.3 Å². The molecule has 3 heterocycles. The lowest BCUT2D eigenvalue weighted by atomic mass is 10.2. The average Bonchev–Trinajstić information content (AvgIpc) is 3.36. The number of ether oxygens (including phenoxy) is 1. The Balaban J connectivity index is 1.23. The number of piperazine rings is 1. The summed E-state index contributed by atoms with van der Waals surface area (Å²) in [4.78, 5) is 6.85. The van der Waals surface area contributed by atoms with Gasteiger partial charge in [-0.3, -0.25) is 4.90 Å². The largest absolute Gasteiger partial charge is 0.431 e. The van der Waals surface area contributed by atoms with Gasteiger partial charge in [0.1, 0.15) is 5.75 Å². The molecular weight excluding hydrogens is 430 g/mol. The van der Waals surface area contributed by atoms with E-state index >= 15 is 0 Å². The zero-order valence-electron chi connectivity index (χ0n) is 15.8. The van der Waals surface area contributed by atoms with E-state index in [0.717, 1.165) is 35.5 Å². The van der Waals surface area contributed by atoms with Gasteiger partial charge in [-0.15, -0.1) is 0 Å². The number of aromatic nitrogens is 1. The van der Waals surface area contributed by atoms with E-state index in [9.17, 15) is 8.42 Å². The van der Waals surface area contributed by atoms with Crippen LogP contribution in [0.4, 0.5) is 0 Å². The molecule has 152 valence electrons. The van der Waals surface area contributed by atoms with Crippen molar-refractivity contribution in [2.45, 2.75) is 25.0 Å². The Hall–Kier alpha value is -1.71. The van der Waals surface area contributed by atoms with Crippen LogP contribution in [0.25, 0.3) is 10.2 Å². The molecule has 0 spiro atoms.